The predicted octanol–water partition coefficient (Wildman–Crippen LogP) is 3.13. The van der Waals surface area contributed by atoms with Crippen molar-refractivity contribution >= 4 is 33.3 Å². The molecule has 0 unspecified atom stereocenters. The lowest BCUT2D eigenvalue weighted by atomic mass is 10.2. The SMILES string of the molecule is Cn1c(CO)nnc1Sc1ncnc2sc(-c3ccccc3)cc12. The van der Waals surface area contributed by atoms with Gasteiger partial charge >= 0.3 is 0 Å². The molecule has 120 valence electrons. The number of aliphatic hydroxyl groups excluding tert-OH is 1. The summed E-state index contributed by atoms with van der Waals surface area (Å²) in [5.41, 5.74) is 1.16. The van der Waals surface area contributed by atoms with E-state index in [1.807, 2.05) is 25.2 Å². The molecule has 0 amide bonds. The number of aliphatic hydroxyl groups is 1. The van der Waals surface area contributed by atoms with Crippen molar-refractivity contribution in [1.29, 1.82) is 0 Å². The van der Waals surface area contributed by atoms with Crippen molar-refractivity contribution in [3.63, 3.8) is 0 Å². The molecule has 0 aliphatic rings. The maximum Gasteiger partial charge on any atom is 0.197 e. The fraction of sp³-hybridized carbons (Fsp3) is 0.125. The number of fused-ring (bicyclic) bond motifs is 1. The lowest BCUT2D eigenvalue weighted by Crippen LogP contribution is -1.98. The summed E-state index contributed by atoms with van der Waals surface area (Å²) in [7, 11) is 1.83. The van der Waals surface area contributed by atoms with Crippen LogP contribution in [-0.4, -0.2) is 29.8 Å². The van der Waals surface area contributed by atoms with Crippen LogP contribution in [0.25, 0.3) is 20.7 Å². The van der Waals surface area contributed by atoms with Gasteiger partial charge in [0, 0.05) is 17.3 Å². The maximum atomic E-state index is 9.24. The fourth-order valence-corrected chi connectivity index (χ4v) is 4.25. The fourth-order valence-electron chi connectivity index (χ4n) is 2.32. The number of hydrogen-bond donors (Lipinski definition) is 1. The Hall–Kier alpha value is -2.29. The van der Waals surface area contributed by atoms with Gasteiger partial charge in [-0.25, -0.2) is 9.97 Å². The van der Waals surface area contributed by atoms with Crippen LogP contribution in [0.2, 0.25) is 0 Å². The minimum atomic E-state index is -0.139. The highest BCUT2D eigenvalue weighted by Crippen LogP contribution is 2.37. The summed E-state index contributed by atoms with van der Waals surface area (Å²) in [4.78, 5) is 10.9. The summed E-state index contributed by atoms with van der Waals surface area (Å²) in [5, 5.41) is 19.8. The summed E-state index contributed by atoms with van der Waals surface area (Å²) in [6.45, 7) is -0.139. The van der Waals surface area contributed by atoms with Gasteiger partial charge in [0.15, 0.2) is 11.0 Å². The average Bonchev–Trinajstić information content (AvgIpc) is 3.20. The Morgan fingerprint density at radius 3 is 2.75 bits per heavy atom. The van der Waals surface area contributed by atoms with E-state index >= 15 is 0 Å². The monoisotopic (exact) mass is 355 g/mol. The Morgan fingerprint density at radius 1 is 1.17 bits per heavy atom. The van der Waals surface area contributed by atoms with Crippen molar-refractivity contribution in [1.82, 2.24) is 24.7 Å². The molecular weight excluding hydrogens is 342 g/mol. The molecule has 0 atom stereocenters. The van der Waals surface area contributed by atoms with Crippen molar-refractivity contribution < 1.29 is 5.11 Å². The first kappa shape index (κ1) is 15.3. The van der Waals surface area contributed by atoms with Gasteiger partial charge in [0.2, 0.25) is 0 Å². The van der Waals surface area contributed by atoms with E-state index in [1.165, 1.54) is 11.8 Å². The molecule has 4 aromatic rings. The Bertz CT molecular complexity index is 996. The number of nitrogens with zero attached hydrogens (tertiary/aromatic N) is 5. The van der Waals surface area contributed by atoms with Gasteiger partial charge < -0.3 is 9.67 Å². The van der Waals surface area contributed by atoms with Gasteiger partial charge in [-0.3, -0.25) is 0 Å². The first-order chi connectivity index (χ1) is 11.8. The number of thiophene rings is 1. The highest BCUT2D eigenvalue weighted by Gasteiger charge is 2.15. The first-order valence-corrected chi connectivity index (χ1v) is 8.86. The molecule has 0 aliphatic carbocycles. The van der Waals surface area contributed by atoms with Crippen LogP contribution in [-0.2, 0) is 13.7 Å². The van der Waals surface area contributed by atoms with E-state index in [0.29, 0.717) is 11.0 Å². The average molecular weight is 355 g/mol. The summed E-state index contributed by atoms with van der Waals surface area (Å²) in [6, 6.07) is 12.3. The third kappa shape index (κ3) is 2.68. The van der Waals surface area contributed by atoms with Gasteiger partial charge in [-0.15, -0.1) is 21.5 Å². The second-order valence-electron chi connectivity index (χ2n) is 5.09. The molecule has 0 spiro atoms. The van der Waals surface area contributed by atoms with Crippen molar-refractivity contribution in [2.45, 2.75) is 16.8 Å². The highest BCUT2D eigenvalue weighted by atomic mass is 32.2. The first-order valence-electron chi connectivity index (χ1n) is 7.23. The van der Waals surface area contributed by atoms with Crippen molar-refractivity contribution in [2.24, 2.45) is 7.05 Å². The summed E-state index contributed by atoms with van der Waals surface area (Å²) in [5.74, 6) is 0.526. The van der Waals surface area contributed by atoms with E-state index in [9.17, 15) is 5.11 Å². The molecule has 8 heteroatoms. The number of hydrogen-bond acceptors (Lipinski definition) is 7. The van der Waals surface area contributed by atoms with E-state index in [0.717, 1.165) is 25.7 Å². The standard InChI is InChI=1S/C16H13N5OS2/c1-21-13(8-22)19-20-16(21)24-15-11-7-12(10-5-3-2-4-6-10)23-14(11)17-9-18-15/h2-7,9,22H,8H2,1H3. The molecule has 1 N–H and O–H groups in total. The van der Waals surface area contributed by atoms with Gasteiger partial charge in [0.25, 0.3) is 0 Å². The lowest BCUT2D eigenvalue weighted by molar-refractivity contribution is 0.266. The largest absolute Gasteiger partial charge is 0.388 e. The molecule has 0 radical (unpaired) electrons. The van der Waals surface area contributed by atoms with Crippen LogP contribution in [0.5, 0.6) is 0 Å². The molecule has 0 saturated heterocycles. The normalized spacial score (nSPS) is 11.2. The summed E-state index contributed by atoms with van der Waals surface area (Å²) < 4.78 is 1.77. The van der Waals surface area contributed by atoms with Crippen LogP contribution in [0.1, 0.15) is 5.82 Å². The second-order valence-corrected chi connectivity index (χ2v) is 7.08. The Morgan fingerprint density at radius 2 is 2.00 bits per heavy atom. The van der Waals surface area contributed by atoms with Gasteiger partial charge in [-0.1, -0.05) is 30.3 Å². The van der Waals surface area contributed by atoms with Crippen LogP contribution in [0.4, 0.5) is 0 Å². The number of rotatable bonds is 4. The van der Waals surface area contributed by atoms with Crippen molar-refractivity contribution in [2.75, 3.05) is 0 Å². The zero-order valence-electron chi connectivity index (χ0n) is 12.7. The quantitative estimate of drug-likeness (QED) is 0.567. The minimum Gasteiger partial charge on any atom is -0.388 e. The summed E-state index contributed by atoms with van der Waals surface area (Å²) >= 11 is 3.06. The van der Waals surface area contributed by atoms with Crippen LogP contribution in [0.3, 0.4) is 0 Å². The molecule has 6 nitrogen and oxygen atoms in total. The molecule has 0 aliphatic heterocycles. The van der Waals surface area contributed by atoms with Crippen LogP contribution in [0, 0.1) is 0 Å². The van der Waals surface area contributed by atoms with Crippen molar-refractivity contribution in [3.8, 4) is 10.4 Å². The molecule has 0 fully saturated rings. The van der Waals surface area contributed by atoms with E-state index in [2.05, 4.69) is 38.4 Å². The number of benzene rings is 1. The molecule has 0 bridgehead atoms. The maximum absolute atomic E-state index is 9.24. The van der Waals surface area contributed by atoms with Gasteiger partial charge in [-0.05, 0) is 23.4 Å². The van der Waals surface area contributed by atoms with E-state index < -0.39 is 0 Å². The van der Waals surface area contributed by atoms with E-state index in [4.69, 9.17) is 0 Å². The van der Waals surface area contributed by atoms with E-state index in [1.54, 1.807) is 22.2 Å². The topological polar surface area (TPSA) is 76.7 Å². The molecule has 0 saturated carbocycles. The molecule has 3 heterocycles. The van der Waals surface area contributed by atoms with Gasteiger partial charge in [0.1, 0.15) is 22.8 Å². The van der Waals surface area contributed by atoms with E-state index in [-0.39, 0.29) is 6.61 Å². The van der Waals surface area contributed by atoms with Gasteiger partial charge in [-0.2, -0.15) is 0 Å². The zero-order valence-corrected chi connectivity index (χ0v) is 14.4. The molecular formula is C16H13N5OS2. The highest BCUT2D eigenvalue weighted by molar-refractivity contribution is 7.99. The van der Waals surface area contributed by atoms with Crippen LogP contribution in [0.15, 0.2) is 52.9 Å². The summed E-state index contributed by atoms with van der Waals surface area (Å²) in [6.07, 6.45) is 1.57. The molecule has 4 rings (SSSR count). The lowest BCUT2D eigenvalue weighted by Gasteiger charge is -2.02. The van der Waals surface area contributed by atoms with Crippen LogP contribution >= 0.6 is 23.1 Å². The smallest absolute Gasteiger partial charge is 0.197 e. The molecule has 24 heavy (non-hydrogen) atoms. The Balaban J connectivity index is 1.76. The third-order valence-electron chi connectivity index (χ3n) is 3.61. The predicted molar refractivity (Wildman–Crippen MR) is 93.9 cm³/mol. The zero-order chi connectivity index (χ0) is 16.5. The van der Waals surface area contributed by atoms with Crippen LogP contribution < -0.4 is 0 Å². The molecule has 1 aromatic carbocycles. The second kappa shape index (κ2) is 6.31. The van der Waals surface area contributed by atoms with Crippen molar-refractivity contribution in [3.05, 3.63) is 48.5 Å². The molecule has 3 aromatic heterocycles. The van der Waals surface area contributed by atoms with Gasteiger partial charge in [0.05, 0.1) is 0 Å². The number of aromatic nitrogens is 5. The Labute approximate surface area is 146 Å². The third-order valence-corrected chi connectivity index (χ3v) is 5.75. The minimum absolute atomic E-state index is 0.139. The Kier molecular flexibility index (Phi) is 4.01.